The maximum atomic E-state index is 12.1. The third kappa shape index (κ3) is 5.29. The van der Waals surface area contributed by atoms with Crippen molar-refractivity contribution < 1.29 is 26.8 Å². The molecule has 2 aromatic carbocycles. The molecule has 27 heavy (non-hydrogen) atoms. The van der Waals surface area contributed by atoms with Gasteiger partial charge < -0.3 is 14.2 Å². The molecule has 0 N–H and O–H groups in total. The van der Waals surface area contributed by atoms with Crippen molar-refractivity contribution in [3.63, 3.8) is 0 Å². The summed E-state index contributed by atoms with van der Waals surface area (Å²) in [6.45, 7) is 2.49. The van der Waals surface area contributed by atoms with E-state index in [0.717, 1.165) is 16.9 Å². The summed E-state index contributed by atoms with van der Waals surface area (Å²) >= 11 is 0. The molecule has 2 atom stereocenters. The van der Waals surface area contributed by atoms with Crippen LogP contribution in [0.1, 0.15) is 30.3 Å². The first-order valence-electron chi connectivity index (χ1n) is 8.85. The Morgan fingerprint density at radius 3 is 2.44 bits per heavy atom. The molecule has 0 amide bonds. The standard InChI is InChI=1S/C20H24O6S/c1-15-5-11-19(12-6-15)27(21,22)25-13-3-4-18-14-24-20(26-18)16-7-9-17(23-2)10-8-16/h5-12,18,20H,3-4,13-14H2,1-2H3. The quantitative estimate of drug-likeness (QED) is 0.505. The van der Waals surface area contributed by atoms with E-state index in [1.54, 1.807) is 31.4 Å². The van der Waals surface area contributed by atoms with Gasteiger partial charge in [-0.1, -0.05) is 29.8 Å². The number of hydrogen-bond donors (Lipinski definition) is 0. The van der Waals surface area contributed by atoms with E-state index < -0.39 is 16.4 Å². The minimum atomic E-state index is -3.72. The van der Waals surface area contributed by atoms with Crippen LogP contribution < -0.4 is 4.74 Å². The highest BCUT2D eigenvalue weighted by atomic mass is 32.2. The Morgan fingerprint density at radius 1 is 1.07 bits per heavy atom. The van der Waals surface area contributed by atoms with Crippen molar-refractivity contribution in [1.29, 1.82) is 0 Å². The number of benzene rings is 2. The summed E-state index contributed by atoms with van der Waals surface area (Å²) in [6.07, 6.45) is 0.741. The van der Waals surface area contributed by atoms with Crippen LogP contribution in [0.15, 0.2) is 53.4 Å². The van der Waals surface area contributed by atoms with Crippen molar-refractivity contribution >= 4 is 10.1 Å². The molecule has 2 aromatic rings. The molecule has 1 fully saturated rings. The van der Waals surface area contributed by atoms with Crippen LogP contribution in [-0.2, 0) is 23.8 Å². The van der Waals surface area contributed by atoms with Gasteiger partial charge >= 0.3 is 0 Å². The molecule has 1 aliphatic heterocycles. The van der Waals surface area contributed by atoms with Gasteiger partial charge in [0.2, 0.25) is 0 Å². The van der Waals surface area contributed by atoms with Crippen molar-refractivity contribution in [2.75, 3.05) is 20.3 Å². The molecule has 1 saturated heterocycles. The van der Waals surface area contributed by atoms with Gasteiger partial charge in [-0.25, -0.2) is 0 Å². The van der Waals surface area contributed by atoms with Crippen molar-refractivity contribution in [2.24, 2.45) is 0 Å². The van der Waals surface area contributed by atoms with E-state index in [1.165, 1.54) is 0 Å². The lowest BCUT2D eigenvalue weighted by Gasteiger charge is -2.12. The van der Waals surface area contributed by atoms with Gasteiger partial charge in [0.25, 0.3) is 10.1 Å². The van der Waals surface area contributed by atoms with Gasteiger partial charge in [-0.15, -0.1) is 0 Å². The third-order valence-electron chi connectivity index (χ3n) is 4.36. The van der Waals surface area contributed by atoms with Gasteiger partial charge in [-0.05, 0) is 44.0 Å². The number of methoxy groups -OCH3 is 1. The summed E-state index contributed by atoms with van der Waals surface area (Å²) in [5.74, 6) is 0.778. The summed E-state index contributed by atoms with van der Waals surface area (Å²) in [4.78, 5) is 0.174. The van der Waals surface area contributed by atoms with E-state index in [4.69, 9.17) is 18.4 Å². The molecule has 0 aliphatic carbocycles. The molecule has 1 aliphatic rings. The van der Waals surface area contributed by atoms with Crippen molar-refractivity contribution in [1.82, 2.24) is 0 Å². The van der Waals surface area contributed by atoms with E-state index in [1.807, 2.05) is 31.2 Å². The van der Waals surface area contributed by atoms with Gasteiger partial charge in [0.1, 0.15) is 5.75 Å². The Labute approximate surface area is 160 Å². The van der Waals surface area contributed by atoms with Gasteiger partial charge in [0, 0.05) is 5.56 Å². The second kappa shape index (κ2) is 8.84. The highest BCUT2D eigenvalue weighted by Crippen LogP contribution is 2.29. The number of ether oxygens (including phenoxy) is 3. The van der Waals surface area contributed by atoms with Crippen LogP contribution in [0, 0.1) is 6.92 Å². The molecule has 0 aromatic heterocycles. The molecule has 7 heteroatoms. The first kappa shape index (κ1) is 19.8. The van der Waals surface area contributed by atoms with Crippen LogP contribution in [0.2, 0.25) is 0 Å². The van der Waals surface area contributed by atoms with E-state index in [9.17, 15) is 8.42 Å². The van der Waals surface area contributed by atoms with Gasteiger partial charge in [-0.3, -0.25) is 4.18 Å². The third-order valence-corrected chi connectivity index (χ3v) is 5.68. The van der Waals surface area contributed by atoms with E-state index >= 15 is 0 Å². The predicted molar refractivity (Wildman–Crippen MR) is 100 cm³/mol. The molecule has 6 nitrogen and oxygen atoms in total. The van der Waals surface area contributed by atoms with Gasteiger partial charge in [-0.2, -0.15) is 8.42 Å². The normalized spacial score (nSPS) is 19.9. The molecular weight excluding hydrogens is 368 g/mol. The zero-order valence-electron chi connectivity index (χ0n) is 15.5. The lowest BCUT2D eigenvalue weighted by molar-refractivity contribution is -0.0616. The van der Waals surface area contributed by atoms with Crippen LogP contribution in [0.4, 0.5) is 0 Å². The predicted octanol–water partition coefficient (Wildman–Crippen LogP) is 3.60. The average molecular weight is 392 g/mol. The fourth-order valence-corrected chi connectivity index (χ4v) is 3.73. The summed E-state index contributed by atoms with van der Waals surface area (Å²) in [5.41, 5.74) is 1.93. The molecule has 146 valence electrons. The van der Waals surface area contributed by atoms with E-state index in [2.05, 4.69) is 0 Å². The van der Waals surface area contributed by atoms with E-state index in [0.29, 0.717) is 19.4 Å². The largest absolute Gasteiger partial charge is 0.497 e. The molecule has 0 radical (unpaired) electrons. The van der Waals surface area contributed by atoms with Crippen molar-refractivity contribution in [2.45, 2.75) is 37.1 Å². The van der Waals surface area contributed by atoms with Crippen molar-refractivity contribution in [3.8, 4) is 5.75 Å². The topological polar surface area (TPSA) is 71.1 Å². The summed E-state index contributed by atoms with van der Waals surface area (Å²) in [5, 5.41) is 0. The fourth-order valence-electron chi connectivity index (χ4n) is 2.79. The first-order valence-corrected chi connectivity index (χ1v) is 10.3. The lowest BCUT2D eigenvalue weighted by Crippen LogP contribution is -2.13. The van der Waals surface area contributed by atoms with E-state index in [-0.39, 0.29) is 17.6 Å². The van der Waals surface area contributed by atoms with Crippen LogP contribution in [-0.4, -0.2) is 34.8 Å². The molecule has 3 rings (SSSR count). The van der Waals surface area contributed by atoms with Crippen LogP contribution in [0.25, 0.3) is 0 Å². The molecule has 0 bridgehead atoms. The highest BCUT2D eigenvalue weighted by Gasteiger charge is 2.27. The first-order chi connectivity index (χ1) is 13.0. The molecule has 2 unspecified atom stereocenters. The van der Waals surface area contributed by atoms with Crippen LogP contribution >= 0.6 is 0 Å². The maximum absolute atomic E-state index is 12.1. The highest BCUT2D eigenvalue weighted by molar-refractivity contribution is 7.86. The Kier molecular flexibility index (Phi) is 6.49. The number of rotatable bonds is 8. The monoisotopic (exact) mass is 392 g/mol. The fraction of sp³-hybridized carbons (Fsp3) is 0.400. The molecule has 0 saturated carbocycles. The lowest BCUT2D eigenvalue weighted by atomic mass is 10.2. The Balaban J connectivity index is 1.42. The zero-order valence-corrected chi connectivity index (χ0v) is 16.3. The summed E-state index contributed by atoms with van der Waals surface area (Å²) in [7, 11) is -2.10. The Hall–Kier alpha value is -1.93. The van der Waals surface area contributed by atoms with Gasteiger partial charge in [0.15, 0.2) is 6.29 Å². The summed E-state index contributed by atoms with van der Waals surface area (Å²) in [6, 6.07) is 14.1. The Bertz CT molecular complexity index is 830. The second-order valence-corrected chi connectivity index (χ2v) is 8.04. The van der Waals surface area contributed by atoms with Gasteiger partial charge in [0.05, 0.1) is 31.3 Å². The number of hydrogen-bond acceptors (Lipinski definition) is 6. The zero-order chi connectivity index (χ0) is 19.3. The smallest absolute Gasteiger partial charge is 0.296 e. The van der Waals surface area contributed by atoms with Crippen molar-refractivity contribution in [3.05, 3.63) is 59.7 Å². The minimum absolute atomic E-state index is 0.0808. The average Bonchev–Trinajstić information content (AvgIpc) is 3.15. The molecule has 1 heterocycles. The molecule has 0 spiro atoms. The minimum Gasteiger partial charge on any atom is -0.497 e. The second-order valence-electron chi connectivity index (χ2n) is 6.43. The molecular formula is C20H24O6S. The van der Waals surface area contributed by atoms with Crippen LogP contribution in [0.3, 0.4) is 0 Å². The Morgan fingerprint density at radius 2 is 1.78 bits per heavy atom. The maximum Gasteiger partial charge on any atom is 0.296 e. The van der Waals surface area contributed by atoms with Crippen LogP contribution in [0.5, 0.6) is 5.75 Å². The number of aryl methyl sites for hydroxylation is 1. The SMILES string of the molecule is COc1ccc(C2OCC(CCCOS(=O)(=O)c3ccc(C)cc3)O2)cc1. The summed E-state index contributed by atoms with van der Waals surface area (Å²) < 4.78 is 46.1.